The van der Waals surface area contributed by atoms with Crippen LogP contribution >= 0.6 is 0 Å². The number of aromatic nitrogens is 1. The van der Waals surface area contributed by atoms with Gasteiger partial charge < -0.3 is 15.0 Å². The fourth-order valence-electron chi connectivity index (χ4n) is 5.15. The number of nitrogens with two attached hydrogens (primary N) is 1. The van der Waals surface area contributed by atoms with Gasteiger partial charge in [0.2, 0.25) is 0 Å². The third-order valence-electron chi connectivity index (χ3n) is 7.10. The van der Waals surface area contributed by atoms with Crippen LogP contribution in [-0.4, -0.2) is 36.7 Å². The molecule has 0 saturated heterocycles. The molecule has 37 heavy (non-hydrogen) atoms. The Morgan fingerprint density at radius 2 is 1.76 bits per heavy atom. The van der Waals surface area contributed by atoms with Crippen LogP contribution in [0.1, 0.15) is 105 Å². The molecule has 8 heteroatoms. The van der Waals surface area contributed by atoms with Crippen molar-refractivity contribution in [3.63, 3.8) is 0 Å². The first-order chi connectivity index (χ1) is 17.5. The molecule has 0 aliphatic carbocycles. The Morgan fingerprint density at radius 1 is 1.05 bits per heavy atom. The summed E-state index contributed by atoms with van der Waals surface area (Å²) in [6, 6.07) is 5.41. The van der Waals surface area contributed by atoms with Crippen molar-refractivity contribution in [3.05, 3.63) is 51.8 Å². The number of primary amides is 1. The number of ether oxygens (including phenoxy) is 1. The van der Waals surface area contributed by atoms with E-state index in [1.54, 1.807) is 17.6 Å². The van der Waals surface area contributed by atoms with E-state index in [9.17, 15) is 18.0 Å². The number of amides is 1. The molecule has 1 unspecified atom stereocenters. The van der Waals surface area contributed by atoms with E-state index in [0.29, 0.717) is 46.5 Å². The van der Waals surface area contributed by atoms with Crippen molar-refractivity contribution in [3.8, 4) is 0 Å². The maximum atomic E-state index is 13.8. The number of carbonyl (C=O) groups excluding carboxylic acids is 2. The van der Waals surface area contributed by atoms with Gasteiger partial charge in [0.1, 0.15) is 6.54 Å². The number of nitrogens with zero attached hydrogens (tertiary/aromatic N) is 1. The molecule has 0 bridgehead atoms. The Kier molecular flexibility index (Phi) is 11.4. The van der Waals surface area contributed by atoms with Gasteiger partial charge in [-0.05, 0) is 57.2 Å². The third kappa shape index (κ3) is 7.24. The zero-order valence-corrected chi connectivity index (χ0v) is 24.2. The fourth-order valence-corrected chi connectivity index (χ4v) is 7.18. The monoisotopic (exact) mass is 532 g/mol. The molecule has 0 spiro atoms. The molecule has 0 radical (unpaired) electrons. The topological polar surface area (TPSA) is 108 Å². The predicted octanol–water partition coefficient (Wildman–Crippen LogP) is 5.44. The van der Waals surface area contributed by atoms with E-state index in [-0.39, 0.29) is 19.6 Å². The van der Waals surface area contributed by atoms with Crippen molar-refractivity contribution >= 4 is 21.7 Å². The molecule has 1 atom stereocenters. The first kappa shape index (κ1) is 30.6. The van der Waals surface area contributed by atoms with Gasteiger partial charge in [0.05, 0.1) is 22.3 Å². The van der Waals surface area contributed by atoms with Gasteiger partial charge in [0.25, 0.3) is 5.91 Å². The lowest BCUT2D eigenvalue weighted by Gasteiger charge is -2.19. The highest BCUT2D eigenvalue weighted by molar-refractivity contribution is 7.92. The van der Waals surface area contributed by atoms with Gasteiger partial charge in [0, 0.05) is 17.8 Å². The number of hydrogen-bond acceptors (Lipinski definition) is 5. The molecule has 2 aromatic rings. The second-order valence-electron chi connectivity index (χ2n) is 9.71. The largest absolute Gasteiger partial charge is 0.465 e. The van der Waals surface area contributed by atoms with Crippen LogP contribution in [0.15, 0.2) is 23.1 Å². The molecule has 206 valence electrons. The summed E-state index contributed by atoms with van der Waals surface area (Å²) in [7, 11) is -3.58. The van der Waals surface area contributed by atoms with E-state index in [1.807, 2.05) is 39.8 Å². The maximum Gasteiger partial charge on any atom is 0.325 e. The second-order valence-corrected chi connectivity index (χ2v) is 11.9. The van der Waals surface area contributed by atoms with Crippen LogP contribution in [0.25, 0.3) is 0 Å². The Hall–Kier alpha value is -2.61. The number of esters is 1. The van der Waals surface area contributed by atoms with Crippen molar-refractivity contribution in [1.82, 2.24) is 4.57 Å². The average molecular weight is 533 g/mol. The molecule has 0 aliphatic heterocycles. The van der Waals surface area contributed by atoms with Crippen LogP contribution < -0.4 is 5.73 Å². The van der Waals surface area contributed by atoms with Crippen molar-refractivity contribution in [2.75, 3.05) is 6.61 Å². The van der Waals surface area contributed by atoms with Crippen LogP contribution in [0.2, 0.25) is 0 Å². The van der Waals surface area contributed by atoms with Crippen molar-refractivity contribution in [2.45, 2.75) is 110 Å². The Labute approximate surface area is 222 Å². The number of rotatable bonds is 15. The number of benzene rings is 1. The van der Waals surface area contributed by atoms with Gasteiger partial charge in [-0.2, -0.15) is 0 Å². The van der Waals surface area contributed by atoms with Crippen molar-refractivity contribution in [2.24, 2.45) is 5.73 Å². The average Bonchev–Trinajstić information content (AvgIpc) is 3.09. The normalized spacial score (nSPS) is 12.5. The second kappa shape index (κ2) is 13.8. The molecular weight excluding hydrogens is 488 g/mol. The molecule has 1 heterocycles. The number of unbranched alkanes of at least 4 members (excludes halogenated alkanes) is 3. The van der Waals surface area contributed by atoms with Gasteiger partial charge in [-0.3, -0.25) is 9.59 Å². The summed E-state index contributed by atoms with van der Waals surface area (Å²) < 4.78 is 34.6. The van der Waals surface area contributed by atoms with E-state index in [2.05, 4.69) is 6.92 Å². The number of sulfone groups is 1. The summed E-state index contributed by atoms with van der Waals surface area (Å²) in [6.45, 7) is 11.7. The van der Waals surface area contributed by atoms with Crippen LogP contribution in [0.4, 0.5) is 0 Å². The van der Waals surface area contributed by atoms with E-state index in [4.69, 9.17) is 10.5 Å². The first-order valence-electron chi connectivity index (χ1n) is 13.5. The van der Waals surface area contributed by atoms with Gasteiger partial charge in [-0.15, -0.1) is 0 Å². The standard InChI is InChI=1S/C29H44N2O5S/c1-7-11-12-13-14-23(8-2)37(34,35)26-16-15-20(5)17-22(26)18-24-21(6)31(19-27(32)36-10-4)25(9-3)28(24)29(30)33/h15-17,23H,7-14,18-19H2,1-6H3,(H2,30,33). The van der Waals surface area contributed by atoms with Gasteiger partial charge in [0.15, 0.2) is 9.84 Å². The van der Waals surface area contributed by atoms with Crippen LogP contribution in [0.5, 0.6) is 0 Å². The quantitative estimate of drug-likeness (QED) is 0.243. The molecule has 1 aromatic carbocycles. The predicted molar refractivity (Wildman–Crippen MR) is 148 cm³/mol. The molecule has 1 aromatic heterocycles. The summed E-state index contributed by atoms with van der Waals surface area (Å²) in [5.41, 5.74) is 9.81. The first-order valence-corrected chi connectivity index (χ1v) is 15.1. The zero-order chi connectivity index (χ0) is 27.8. The van der Waals surface area contributed by atoms with E-state index < -0.39 is 27.0 Å². The number of hydrogen-bond donors (Lipinski definition) is 1. The van der Waals surface area contributed by atoms with Crippen LogP contribution in [-0.2, 0) is 38.8 Å². The minimum Gasteiger partial charge on any atom is -0.465 e. The van der Waals surface area contributed by atoms with E-state index in [1.165, 1.54) is 0 Å². The minimum absolute atomic E-state index is 0.0300. The lowest BCUT2D eigenvalue weighted by atomic mass is 9.98. The van der Waals surface area contributed by atoms with Crippen molar-refractivity contribution in [1.29, 1.82) is 0 Å². The lowest BCUT2D eigenvalue weighted by molar-refractivity contribution is -0.143. The molecule has 0 aliphatic rings. The highest BCUT2D eigenvalue weighted by Gasteiger charge is 2.30. The van der Waals surface area contributed by atoms with E-state index >= 15 is 0 Å². The molecule has 0 fully saturated rings. The molecule has 7 nitrogen and oxygen atoms in total. The summed E-state index contributed by atoms with van der Waals surface area (Å²) in [6.07, 6.45) is 6.01. The Balaban J connectivity index is 2.60. The molecule has 0 saturated carbocycles. The smallest absolute Gasteiger partial charge is 0.325 e. The van der Waals surface area contributed by atoms with E-state index in [0.717, 1.165) is 36.9 Å². The lowest BCUT2D eigenvalue weighted by Crippen LogP contribution is -2.22. The highest BCUT2D eigenvalue weighted by atomic mass is 32.2. The van der Waals surface area contributed by atoms with Gasteiger partial charge in [-0.25, -0.2) is 8.42 Å². The molecular formula is C29H44N2O5S. The van der Waals surface area contributed by atoms with Gasteiger partial charge in [-0.1, -0.05) is 64.2 Å². The Bertz CT molecular complexity index is 1200. The summed E-state index contributed by atoms with van der Waals surface area (Å²) >= 11 is 0. The van der Waals surface area contributed by atoms with Gasteiger partial charge >= 0.3 is 5.97 Å². The fraction of sp³-hybridized carbons (Fsp3) is 0.586. The summed E-state index contributed by atoms with van der Waals surface area (Å²) in [5, 5.41) is -0.456. The van der Waals surface area contributed by atoms with Crippen LogP contribution in [0.3, 0.4) is 0 Å². The third-order valence-corrected chi connectivity index (χ3v) is 9.55. The zero-order valence-electron chi connectivity index (χ0n) is 23.4. The molecule has 1 amide bonds. The number of carbonyl (C=O) groups is 2. The summed E-state index contributed by atoms with van der Waals surface area (Å²) in [4.78, 5) is 25.2. The summed E-state index contributed by atoms with van der Waals surface area (Å²) in [5.74, 6) is -0.984. The molecule has 2 N–H and O–H groups in total. The van der Waals surface area contributed by atoms with Crippen molar-refractivity contribution < 1.29 is 22.7 Å². The highest BCUT2D eigenvalue weighted by Crippen LogP contribution is 2.32. The van der Waals surface area contributed by atoms with Crippen LogP contribution in [0, 0.1) is 13.8 Å². The number of aryl methyl sites for hydroxylation is 1. The molecule has 2 rings (SSSR count). The SMILES string of the molecule is CCCCCCC(CC)S(=O)(=O)c1ccc(C)cc1Cc1c(C(N)=O)c(CC)n(CC(=O)OCC)c1C. The maximum absolute atomic E-state index is 13.8. The minimum atomic E-state index is -3.58. The Morgan fingerprint density at radius 3 is 2.32 bits per heavy atom.